The van der Waals surface area contributed by atoms with Crippen molar-refractivity contribution in [1.29, 1.82) is 0 Å². The minimum Gasteiger partial charge on any atom is -0.497 e. The Morgan fingerprint density at radius 2 is 1.85 bits per heavy atom. The summed E-state index contributed by atoms with van der Waals surface area (Å²) in [5.41, 5.74) is 1.04. The maximum absolute atomic E-state index is 5.60. The highest BCUT2D eigenvalue weighted by atomic mass is 16.5. The lowest BCUT2D eigenvalue weighted by Gasteiger charge is -2.28. The van der Waals surface area contributed by atoms with Crippen LogP contribution in [-0.2, 0) is 4.74 Å². The first-order chi connectivity index (χ1) is 12.3. The Labute approximate surface area is 158 Å². The standard InChI is InChI=1S/C20H35N3O3/c1-9-21-19(22-13-18(26-8)20(3,4)5)23-14(2)16-12-15(24-6)10-11-17(16)25-7/h10-12,14,18H,9,13H2,1-8H3,(H2,21,22,23). The van der Waals surface area contributed by atoms with Gasteiger partial charge in [-0.2, -0.15) is 0 Å². The third-order valence-electron chi connectivity index (χ3n) is 4.27. The highest BCUT2D eigenvalue weighted by Gasteiger charge is 2.24. The van der Waals surface area contributed by atoms with Crippen LogP contribution < -0.4 is 20.1 Å². The van der Waals surface area contributed by atoms with Crippen LogP contribution in [0.25, 0.3) is 0 Å². The molecule has 0 fully saturated rings. The molecule has 2 unspecified atom stereocenters. The van der Waals surface area contributed by atoms with Crippen LogP contribution in [0.4, 0.5) is 0 Å². The van der Waals surface area contributed by atoms with E-state index in [0.717, 1.165) is 29.6 Å². The summed E-state index contributed by atoms with van der Waals surface area (Å²) in [6.07, 6.45) is 0.0413. The Balaban J connectivity index is 2.97. The lowest BCUT2D eigenvalue weighted by atomic mass is 9.89. The fraction of sp³-hybridized carbons (Fsp3) is 0.650. The normalized spacial score (nSPS) is 14.5. The number of aliphatic imine (C=N–C) groups is 1. The van der Waals surface area contributed by atoms with Gasteiger partial charge in [0.2, 0.25) is 0 Å². The van der Waals surface area contributed by atoms with Crippen LogP contribution in [0.2, 0.25) is 0 Å². The van der Waals surface area contributed by atoms with Gasteiger partial charge in [-0.05, 0) is 37.5 Å². The molecule has 2 N–H and O–H groups in total. The van der Waals surface area contributed by atoms with E-state index in [4.69, 9.17) is 19.2 Å². The van der Waals surface area contributed by atoms with Crippen molar-refractivity contribution < 1.29 is 14.2 Å². The first-order valence-corrected chi connectivity index (χ1v) is 9.06. The van der Waals surface area contributed by atoms with Crippen molar-refractivity contribution in [2.75, 3.05) is 34.4 Å². The van der Waals surface area contributed by atoms with Gasteiger partial charge in [-0.1, -0.05) is 20.8 Å². The molecule has 0 aliphatic rings. The van der Waals surface area contributed by atoms with E-state index in [1.807, 2.05) is 25.1 Å². The lowest BCUT2D eigenvalue weighted by molar-refractivity contribution is 0.0241. The topological polar surface area (TPSA) is 64.1 Å². The molecule has 6 heteroatoms. The number of methoxy groups -OCH3 is 3. The van der Waals surface area contributed by atoms with Gasteiger partial charge in [0.25, 0.3) is 0 Å². The van der Waals surface area contributed by atoms with Crippen molar-refractivity contribution in [1.82, 2.24) is 10.6 Å². The number of rotatable bonds is 8. The second kappa shape index (κ2) is 10.3. The van der Waals surface area contributed by atoms with Crippen LogP contribution in [0.1, 0.15) is 46.2 Å². The van der Waals surface area contributed by atoms with Crippen molar-refractivity contribution in [3.63, 3.8) is 0 Å². The molecule has 0 spiro atoms. The molecule has 0 radical (unpaired) electrons. The number of nitrogens with zero attached hydrogens (tertiary/aromatic N) is 1. The van der Waals surface area contributed by atoms with Gasteiger partial charge in [-0.15, -0.1) is 0 Å². The van der Waals surface area contributed by atoms with Crippen molar-refractivity contribution in [3.05, 3.63) is 23.8 Å². The average Bonchev–Trinajstić information content (AvgIpc) is 2.60. The van der Waals surface area contributed by atoms with Crippen molar-refractivity contribution in [3.8, 4) is 11.5 Å². The van der Waals surface area contributed by atoms with Gasteiger partial charge in [0.05, 0.1) is 32.9 Å². The number of guanidine groups is 1. The van der Waals surface area contributed by atoms with Crippen molar-refractivity contribution >= 4 is 5.96 Å². The van der Waals surface area contributed by atoms with E-state index in [9.17, 15) is 0 Å². The van der Waals surface area contributed by atoms with Gasteiger partial charge in [-0.25, -0.2) is 0 Å². The van der Waals surface area contributed by atoms with Crippen LogP contribution >= 0.6 is 0 Å². The number of hydrogen-bond donors (Lipinski definition) is 2. The van der Waals surface area contributed by atoms with E-state index in [0.29, 0.717) is 6.54 Å². The number of hydrogen-bond acceptors (Lipinski definition) is 4. The summed E-state index contributed by atoms with van der Waals surface area (Å²) in [5.74, 6) is 2.35. The quantitative estimate of drug-likeness (QED) is 0.546. The molecule has 1 rings (SSSR count). The molecule has 1 aromatic rings. The summed E-state index contributed by atoms with van der Waals surface area (Å²) < 4.78 is 16.4. The molecule has 6 nitrogen and oxygen atoms in total. The maximum atomic E-state index is 5.60. The molecule has 2 atom stereocenters. The number of ether oxygens (including phenoxy) is 3. The van der Waals surface area contributed by atoms with Crippen LogP contribution in [0.15, 0.2) is 23.2 Å². The third kappa shape index (κ3) is 6.41. The highest BCUT2D eigenvalue weighted by Crippen LogP contribution is 2.29. The molecule has 0 saturated heterocycles. The average molecular weight is 366 g/mol. The molecule has 0 aliphatic heterocycles. The fourth-order valence-electron chi connectivity index (χ4n) is 2.66. The zero-order valence-electron chi connectivity index (χ0n) is 17.5. The Morgan fingerprint density at radius 3 is 2.35 bits per heavy atom. The van der Waals surface area contributed by atoms with E-state index >= 15 is 0 Å². The summed E-state index contributed by atoms with van der Waals surface area (Å²) in [5, 5.41) is 6.73. The molecular weight excluding hydrogens is 330 g/mol. The second-order valence-corrected chi connectivity index (χ2v) is 7.28. The smallest absolute Gasteiger partial charge is 0.191 e. The monoisotopic (exact) mass is 365 g/mol. The zero-order valence-corrected chi connectivity index (χ0v) is 17.5. The summed E-state index contributed by atoms with van der Waals surface area (Å²) >= 11 is 0. The molecule has 0 aliphatic carbocycles. The van der Waals surface area contributed by atoms with Crippen LogP contribution in [0.3, 0.4) is 0 Å². The summed E-state index contributed by atoms with van der Waals surface area (Å²) in [6.45, 7) is 11.9. The minimum atomic E-state index is -0.00604. The van der Waals surface area contributed by atoms with Gasteiger partial charge < -0.3 is 24.8 Å². The molecule has 0 aromatic heterocycles. The molecule has 148 valence electrons. The van der Waals surface area contributed by atoms with Gasteiger partial charge in [-0.3, -0.25) is 4.99 Å². The maximum Gasteiger partial charge on any atom is 0.191 e. The van der Waals surface area contributed by atoms with Gasteiger partial charge in [0.15, 0.2) is 5.96 Å². The Hall–Kier alpha value is -1.95. The van der Waals surface area contributed by atoms with Crippen LogP contribution in [0, 0.1) is 5.41 Å². The predicted octanol–water partition coefficient (Wildman–Crippen LogP) is 3.38. The number of nitrogens with one attached hydrogen (secondary N) is 2. The second-order valence-electron chi connectivity index (χ2n) is 7.28. The molecule has 26 heavy (non-hydrogen) atoms. The summed E-state index contributed by atoms with van der Waals surface area (Å²) in [7, 11) is 5.06. The zero-order chi connectivity index (χ0) is 19.7. The molecule has 0 amide bonds. The van der Waals surface area contributed by atoms with Crippen LogP contribution in [-0.4, -0.2) is 46.5 Å². The molecular formula is C20H35N3O3. The third-order valence-corrected chi connectivity index (χ3v) is 4.27. The predicted molar refractivity (Wildman–Crippen MR) is 107 cm³/mol. The first-order valence-electron chi connectivity index (χ1n) is 9.06. The van der Waals surface area contributed by atoms with Crippen molar-refractivity contribution in [2.45, 2.75) is 46.8 Å². The first kappa shape index (κ1) is 22.1. The van der Waals surface area contributed by atoms with Gasteiger partial charge >= 0.3 is 0 Å². The van der Waals surface area contributed by atoms with Crippen molar-refractivity contribution in [2.24, 2.45) is 10.4 Å². The Morgan fingerprint density at radius 1 is 1.15 bits per heavy atom. The minimum absolute atomic E-state index is 0.00604. The molecule has 1 aromatic carbocycles. The number of benzene rings is 1. The molecule has 0 heterocycles. The van der Waals surface area contributed by atoms with E-state index in [-0.39, 0.29) is 17.6 Å². The summed E-state index contributed by atoms with van der Waals surface area (Å²) in [6, 6.07) is 5.78. The Bertz CT molecular complexity index is 582. The molecule has 0 bridgehead atoms. The fourth-order valence-corrected chi connectivity index (χ4v) is 2.66. The highest BCUT2D eigenvalue weighted by molar-refractivity contribution is 5.80. The molecule has 0 saturated carbocycles. The van der Waals surface area contributed by atoms with Gasteiger partial charge in [0.1, 0.15) is 11.5 Å². The van der Waals surface area contributed by atoms with E-state index in [1.165, 1.54) is 0 Å². The lowest BCUT2D eigenvalue weighted by Crippen LogP contribution is -2.40. The van der Waals surface area contributed by atoms with E-state index in [1.54, 1.807) is 21.3 Å². The summed E-state index contributed by atoms with van der Waals surface area (Å²) in [4.78, 5) is 4.71. The van der Waals surface area contributed by atoms with Crippen LogP contribution in [0.5, 0.6) is 11.5 Å². The van der Waals surface area contributed by atoms with Gasteiger partial charge in [0, 0.05) is 19.2 Å². The van der Waals surface area contributed by atoms with E-state index < -0.39 is 0 Å². The SMILES string of the molecule is CCNC(=NCC(OC)C(C)(C)C)NC(C)c1cc(OC)ccc1OC. The Kier molecular flexibility index (Phi) is 8.72. The van der Waals surface area contributed by atoms with E-state index in [2.05, 4.69) is 38.3 Å². The largest absolute Gasteiger partial charge is 0.497 e.